The highest BCUT2D eigenvalue weighted by atomic mass is 35.5. The fraction of sp³-hybridized carbons (Fsp3) is 0.133. The highest BCUT2D eigenvalue weighted by Crippen LogP contribution is 2.10. The molecule has 0 aliphatic carbocycles. The Kier molecular flexibility index (Phi) is 4.37. The molecule has 0 aliphatic heterocycles. The lowest BCUT2D eigenvalue weighted by Crippen LogP contribution is -2.05. The maximum atomic E-state index is 11.8. The minimum atomic E-state index is -0.328. The van der Waals surface area contributed by atoms with Gasteiger partial charge in [0.05, 0.1) is 5.56 Å². The Morgan fingerprint density at radius 1 is 1.00 bits per heavy atom. The molecule has 0 atom stereocenters. The van der Waals surface area contributed by atoms with Crippen molar-refractivity contribution in [1.29, 1.82) is 0 Å². The maximum absolute atomic E-state index is 11.8. The fourth-order valence-corrected chi connectivity index (χ4v) is 1.75. The topological polar surface area (TPSA) is 26.3 Å². The van der Waals surface area contributed by atoms with Crippen LogP contribution in [0.2, 0.25) is 0 Å². The molecule has 0 aliphatic rings. The van der Waals surface area contributed by atoms with Gasteiger partial charge in [0.2, 0.25) is 0 Å². The first kappa shape index (κ1) is 12.7. The largest absolute Gasteiger partial charge is 0.457 e. The number of rotatable bonds is 4. The second-order valence-electron chi connectivity index (χ2n) is 3.90. The van der Waals surface area contributed by atoms with Crippen molar-refractivity contribution in [3.05, 3.63) is 71.3 Å². The number of carbonyl (C=O) groups is 1. The zero-order valence-corrected chi connectivity index (χ0v) is 10.6. The minimum absolute atomic E-state index is 0.283. The molecule has 3 heteroatoms. The molecule has 0 aromatic heterocycles. The van der Waals surface area contributed by atoms with Gasteiger partial charge < -0.3 is 4.74 Å². The van der Waals surface area contributed by atoms with Crippen LogP contribution in [0.3, 0.4) is 0 Å². The van der Waals surface area contributed by atoms with Gasteiger partial charge in [-0.1, -0.05) is 42.5 Å². The van der Waals surface area contributed by atoms with Gasteiger partial charge >= 0.3 is 5.97 Å². The maximum Gasteiger partial charge on any atom is 0.338 e. The van der Waals surface area contributed by atoms with Crippen LogP contribution in [0.1, 0.15) is 21.5 Å². The highest BCUT2D eigenvalue weighted by Gasteiger charge is 2.07. The van der Waals surface area contributed by atoms with Crippen LogP contribution in [0.4, 0.5) is 0 Å². The molecular weight excluding hydrogens is 248 g/mol. The number of halogens is 1. The molecule has 18 heavy (non-hydrogen) atoms. The Hall–Kier alpha value is -1.80. The Morgan fingerprint density at radius 3 is 2.44 bits per heavy atom. The van der Waals surface area contributed by atoms with Gasteiger partial charge in [-0.3, -0.25) is 0 Å². The molecule has 0 amide bonds. The van der Waals surface area contributed by atoms with Crippen molar-refractivity contribution in [2.75, 3.05) is 0 Å². The van der Waals surface area contributed by atoms with Crippen LogP contribution in [0, 0.1) is 0 Å². The number of ether oxygens (including phenoxy) is 1. The van der Waals surface area contributed by atoms with Gasteiger partial charge in [0.25, 0.3) is 0 Å². The average molecular weight is 261 g/mol. The summed E-state index contributed by atoms with van der Waals surface area (Å²) < 4.78 is 5.23. The van der Waals surface area contributed by atoms with Crippen LogP contribution in [0.5, 0.6) is 0 Å². The zero-order valence-electron chi connectivity index (χ0n) is 9.80. The Bertz CT molecular complexity index is 523. The van der Waals surface area contributed by atoms with E-state index in [0.29, 0.717) is 11.4 Å². The smallest absolute Gasteiger partial charge is 0.338 e. The van der Waals surface area contributed by atoms with E-state index in [-0.39, 0.29) is 12.6 Å². The van der Waals surface area contributed by atoms with E-state index in [1.165, 1.54) is 0 Å². The quantitative estimate of drug-likeness (QED) is 0.618. The summed E-state index contributed by atoms with van der Waals surface area (Å²) in [6.45, 7) is 0.283. The predicted octanol–water partition coefficient (Wildman–Crippen LogP) is 3.78. The fourth-order valence-electron chi connectivity index (χ4n) is 1.59. The molecule has 0 bridgehead atoms. The van der Waals surface area contributed by atoms with Crippen LogP contribution in [-0.4, -0.2) is 5.97 Å². The van der Waals surface area contributed by atoms with Gasteiger partial charge in [-0.2, -0.15) is 0 Å². The van der Waals surface area contributed by atoms with Crippen molar-refractivity contribution in [1.82, 2.24) is 0 Å². The number of alkyl halides is 1. The summed E-state index contributed by atoms with van der Waals surface area (Å²) >= 11 is 5.72. The van der Waals surface area contributed by atoms with Gasteiger partial charge in [-0.15, -0.1) is 11.6 Å². The van der Waals surface area contributed by atoms with Crippen molar-refractivity contribution in [3.8, 4) is 0 Å². The van der Waals surface area contributed by atoms with E-state index in [1.807, 2.05) is 36.4 Å². The molecule has 0 fully saturated rings. The average Bonchev–Trinajstić information content (AvgIpc) is 2.46. The van der Waals surface area contributed by atoms with Crippen LogP contribution in [0.15, 0.2) is 54.6 Å². The lowest BCUT2D eigenvalue weighted by molar-refractivity contribution is 0.0472. The van der Waals surface area contributed by atoms with Gasteiger partial charge in [0, 0.05) is 5.88 Å². The van der Waals surface area contributed by atoms with Crippen molar-refractivity contribution in [2.45, 2.75) is 12.5 Å². The number of carbonyl (C=O) groups excluding carboxylic acids is 1. The number of hydrogen-bond donors (Lipinski definition) is 0. The third-order valence-corrected chi connectivity index (χ3v) is 2.84. The van der Waals surface area contributed by atoms with Crippen LogP contribution in [0.25, 0.3) is 0 Å². The molecule has 92 valence electrons. The van der Waals surface area contributed by atoms with Crippen LogP contribution in [-0.2, 0) is 17.2 Å². The number of hydrogen-bond acceptors (Lipinski definition) is 2. The third-order valence-electron chi connectivity index (χ3n) is 2.53. The SMILES string of the molecule is O=C(OCc1ccccc1)c1cccc(CCl)c1. The Labute approximate surface area is 111 Å². The summed E-state index contributed by atoms with van der Waals surface area (Å²) in [4.78, 5) is 11.8. The molecule has 0 radical (unpaired) electrons. The molecule has 2 aromatic rings. The summed E-state index contributed by atoms with van der Waals surface area (Å²) in [5, 5.41) is 0. The van der Waals surface area contributed by atoms with E-state index in [2.05, 4.69) is 0 Å². The van der Waals surface area contributed by atoms with E-state index in [0.717, 1.165) is 11.1 Å². The molecule has 2 nitrogen and oxygen atoms in total. The summed E-state index contributed by atoms with van der Waals surface area (Å²) in [6, 6.07) is 16.7. The van der Waals surface area contributed by atoms with E-state index in [9.17, 15) is 4.79 Å². The molecule has 0 saturated heterocycles. The minimum Gasteiger partial charge on any atom is -0.457 e. The molecule has 0 saturated carbocycles. The predicted molar refractivity (Wildman–Crippen MR) is 71.6 cm³/mol. The van der Waals surface area contributed by atoms with Gasteiger partial charge in [-0.05, 0) is 23.3 Å². The second-order valence-corrected chi connectivity index (χ2v) is 4.16. The monoisotopic (exact) mass is 260 g/mol. The third kappa shape index (κ3) is 3.34. The van der Waals surface area contributed by atoms with Crippen molar-refractivity contribution < 1.29 is 9.53 Å². The number of benzene rings is 2. The molecule has 2 aromatic carbocycles. The molecule has 0 unspecified atom stereocenters. The molecule has 0 N–H and O–H groups in total. The number of esters is 1. The summed E-state index contributed by atoms with van der Waals surface area (Å²) in [7, 11) is 0. The van der Waals surface area contributed by atoms with Crippen molar-refractivity contribution in [3.63, 3.8) is 0 Å². The van der Waals surface area contributed by atoms with E-state index >= 15 is 0 Å². The molecule has 2 rings (SSSR count). The highest BCUT2D eigenvalue weighted by molar-refractivity contribution is 6.17. The lowest BCUT2D eigenvalue weighted by atomic mass is 10.1. The first-order valence-electron chi connectivity index (χ1n) is 5.65. The lowest BCUT2D eigenvalue weighted by Gasteiger charge is -2.05. The van der Waals surface area contributed by atoms with Gasteiger partial charge in [0.1, 0.15) is 6.61 Å². The summed E-state index contributed by atoms with van der Waals surface area (Å²) in [6.07, 6.45) is 0. The van der Waals surface area contributed by atoms with Crippen molar-refractivity contribution >= 4 is 17.6 Å². The first-order valence-corrected chi connectivity index (χ1v) is 6.19. The Balaban J connectivity index is 1.99. The standard InChI is InChI=1S/C15H13ClO2/c16-10-13-7-4-8-14(9-13)15(17)18-11-12-5-2-1-3-6-12/h1-9H,10-11H2. The summed E-state index contributed by atoms with van der Waals surface area (Å²) in [5.41, 5.74) is 2.41. The van der Waals surface area contributed by atoms with Crippen molar-refractivity contribution in [2.24, 2.45) is 0 Å². The normalized spacial score (nSPS) is 10.1. The molecule has 0 spiro atoms. The van der Waals surface area contributed by atoms with Gasteiger partial charge in [-0.25, -0.2) is 4.79 Å². The van der Waals surface area contributed by atoms with Crippen LogP contribution < -0.4 is 0 Å². The Morgan fingerprint density at radius 2 is 1.72 bits per heavy atom. The van der Waals surface area contributed by atoms with Gasteiger partial charge in [0.15, 0.2) is 0 Å². The zero-order chi connectivity index (χ0) is 12.8. The summed E-state index contributed by atoms with van der Waals surface area (Å²) in [5.74, 6) is 0.0608. The van der Waals surface area contributed by atoms with E-state index < -0.39 is 0 Å². The van der Waals surface area contributed by atoms with E-state index in [1.54, 1.807) is 18.2 Å². The molecule has 0 heterocycles. The van der Waals surface area contributed by atoms with E-state index in [4.69, 9.17) is 16.3 Å². The molecular formula is C15H13ClO2. The first-order chi connectivity index (χ1) is 8.79. The van der Waals surface area contributed by atoms with Crippen LogP contribution >= 0.6 is 11.6 Å². The second kappa shape index (κ2) is 6.22.